The number of aliphatic carboxylic acids is 1. The first-order chi connectivity index (χ1) is 8.69. The van der Waals surface area contributed by atoms with Crippen LogP contribution in [-0.2, 0) is 14.3 Å². The van der Waals surface area contributed by atoms with Gasteiger partial charge < -0.3 is 19.9 Å². The molecule has 1 aliphatic rings. The third kappa shape index (κ3) is 5.15. The van der Waals surface area contributed by atoms with E-state index in [0.29, 0.717) is 12.3 Å². The van der Waals surface area contributed by atoms with Crippen LogP contribution < -0.4 is 5.32 Å². The highest BCUT2D eigenvalue weighted by atomic mass is 16.6. The number of carbonyl (C=O) groups is 2. The molecule has 0 spiro atoms. The van der Waals surface area contributed by atoms with Gasteiger partial charge in [0.25, 0.3) is 0 Å². The Morgan fingerprint density at radius 3 is 2.58 bits per heavy atom. The zero-order chi connectivity index (χ0) is 14.6. The molecule has 0 radical (unpaired) electrons. The van der Waals surface area contributed by atoms with Crippen LogP contribution in [0.15, 0.2) is 4.99 Å². The molecule has 2 unspecified atom stereocenters. The maximum Gasteiger partial charge on any atom is 0.407 e. The standard InChI is InChI=1S/C12H20N2O5/c1-7-9(10(15)16)14-8(18-7)5-6-13-11(17)19-12(2,3)4/h7,9H,5-6H2,1-4H3,(H,13,17)(H,15,16). The fourth-order valence-electron chi connectivity index (χ4n) is 1.53. The van der Waals surface area contributed by atoms with Crippen molar-refractivity contribution < 1.29 is 24.2 Å². The van der Waals surface area contributed by atoms with Crippen molar-refractivity contribution in [3.8, 4) is 0 Å². The van der Waals surface area contributed by atoms with Gasteiger partial charge in [-0.2, -0.15) is 0 Å². The average molecular weight is 272 g/mol. The number of carboxylic acids is 1. The van der Waals surface area contributed by atoms with Gasteiger partial charge >= 0.3 is 12.1 Å². The number of rotatable bonds is 4. The van der Waals surface area contributed by atoms with E-state index in [4.69, 9.17) is 14.6 Å². The number of carbonyl (C=O) groups excluding carboxylic acids is 1. The number of hydrogen-bond acceptors (Lipinski definition) is 5. The number of carboxylic acid groups (broad SMARTS) is 1. The molecule has 1 rings (SSSR count). The van der Waals surface area contributed by atoms with E-state index in [1.165, 1.54) is 0 Å². The van der Waals surface area contributed by atoms with Crippen LogP contribution >= 0.6 is 0 Å². The second-order valence-corrected chi connectivity index (χ2v) is 5.31. The summed E-state index contributed by atoms with van der Waals surface area (Å²) in [6.07, 6.45) is -0.657. The summed E-state index contributed by atoms with van der Waals surface area (Å²) < 4.78 is 10.4. The molecule has 7 nitrogen and oxygen atoms in total. The highest BCUT2D eigenvalue weighted by Gasteiger charge is 2.32. The predicted octanol–water partition coefficient (Wildman–Crippen LogP) is 1.17. The van der Waals surface area contributed by atoms with Crippen LogP contribution in [0, 0.1) is 0 Å². The van der Waals surface area contributed by atoms with E-state index >= 15 is 0 Å². The molecule has 108 valence electrons. The molecule has 1 heterocycles. The molecule has 0 saturated carbocycles. The molecule has 0 aromatic carbocycles. The van der Waals surface area contributed by atoms with Crippen molar-refractivity contribution in [3.63, 3.8) is 0 Å². The smallest absolute Gasteiger partial charge is 0.407 e. The van der Waals surface area contributed by atoms with Crippen molar-refractivity contribution >= 4 is 18.0 Å². The van der Waals surface area contributed by atoms with E-state index in [9.17, 15) is 9.59 Å². The summed E-state index contributed by atoms with van der Waals surface area (Å²) in [6, 6.07) is -0.864. The number of nitrogens with one attached hydrogen (secondary N) is 1. The fourth-order valence-corrected chi connectivity index (χ4v) is 1.53. The lowest BCUT2D eigenvalue weighted by Crippen LogP contribution is -2.33. The largest absolute Gasteiger partial charge is 0.480 e. The lowest BCUT2D eigenvalue weighted by Gasteiger charge is -2.19. The van der Waals surface area contributed by atoms with Crippen LogP contribution in [0.2, 0.25) is 0 Å². The summed E-state index contributed by atoms with van der Waals surface area (Å²) in [5, 5.41) is 11.4. The first kappa shape index (κ1) is 15.3. The summed E-state index contributed by atoms with van der Waals surface area (Å²) in [4.78, 5) is 26.1. The second kappa shape index (κ2) is 5.90. The molecular formula is C12H20N2O5. The van der Waals surface area contributed by atoms with Gasteiger partial charge in [-0.25, -0.2) is 14.6 Å². The maximum absolute atomic E-state index is 11.4. The molecule has 7 heteroatoms. The van der Waals surface area contributed by atoms with E-state index in [2.05, 4.69) is 10.3 Å². The van der Waals surface area contributed by atoms with Gasteiger partial charge in [0.1, 0.15) is 11.7 Å². The molecule has 1 amide bonds. The fraction of sp³-hybridized carbons (Fsp3) is 0.750. The highest BCUT2D eigenvalue weighted by molar-refractivity contribution is 5.85. The molecule has 19 heavy (non-hydrogen) atoms. The molecule has 2 atom stereocenters. The minimum Gasteiger partial charge on any atom is -0.480 e. The summed E-state index contributed by atoms with van der Waals surface area (Å²) in [7, 11) is 0. The average Bonchev–Trinajstić information content (AvgIpc) is 2.57. The van der Waals surface area contributed by atoms with E-state index in [-0.39, 0.29) is 6.54 Å². The van der Waals surface area contributed by atoms with E-state index in [1.807, 2.05) is 0 Å². The normalized spacial score (nSPS) is 22.4. The lowest BCUT2D eigenvalue weighted by atomic mass is 10.2. The van der Waals surface area contributed by atoms with Crippen molar-refractivity contribution in [2.75, 3.05) is 6.54 Å². The second-order valence-electron chi connectivity index (χ2n) is 5.31. The van der Waals surface area contributed by atoms with Gasteiger partial charge in [-0.05, 0) is 27.7 Å². The summed E-state index contributed by atoms with van der Waals surface area (Å²) in [6.45, 7) is 7.25. The summed E-state index contributed by atoms with van der Waals surface area (Å²) in [5.41, 5.74) is -0.547. The molecule has 2 N–H and O–H groups in total. The highest BCUT2D eigenvalue weighted by Crippen LogP contribution is 2.15. The topological polar surface area (TPSA) is 97.2 Å². The van der Waals surface area contributed by atoms with Gasteiger partial charge in [0, 0.05) is 13.0 Å². The minimum absolute atomic E-state index is 0.285. The molecule has 1 aliphatic heterocycles. The SMILES string of the molecule is CC1OC(CCNC(=O)OC(C)(C)C)=NC1C(=O)O. The van der Waals surface area contributed by atoms with E-state index < -0.39 is 29.8 Å². The number of nitrogens with zero attached hydrogens (tertiary/aromatic N) is 1. The zero-order valence-corrected chi connectivity index (χ0v) is 11.6. The minimum atomic E-state index is -1.01. The van der Waals surface area contributed by atoms with Crippen molar-refractivity contribution in [3.05, 3.63) is 0 Å². The first-order valence-electron chi connectivity index (χ1n) is 6.12. The summed E-state index contributed by atoms with van der Waals surface area (Å²) >= 11 is 0. The number of aliphatic imine (C=N–C) groups is 1. The van der Waals surface area contributed by atoms with Gasteiger partial charge in [-0.15, -0.1) is 0 Å². The third-order valence-corrected chi connectivity index (χ3v) is 2.31. The van der Waals surface area contributed by atoms with Gasteiger partial charge in [0.15, 0.2) is 11.9 Å². The number of ether oxygens (including phenoxy) is 2. The molecule has 0 aromatic heterocycles. The molecule has 0 aromatic rings. The van der Waals surface area contributed by atoms with Crippen molar-refractivity contribution in [2.45, 2.75) is 51.9 Å². The Labute approximate surface area is 112 Å². The Balaban J connectivity index is 2.33. The lowest BCUT2D eigenvalue weighted by molar-refractivity contribution is -0.139. The van der Waals surface area contributed by atoms with Crippen LogP contribution in [0.1, 0.15) is 34.1 Å². The predicted molar refractivity (Wildman–Crippen MR) is 68.3 cm³/mol. The van der Waals surface area contributed by atoms with E-state index in [1.54, 1.807) is 27.7 Å². The molecule has 0 saturated heterocycles. The number of amides is 1. The Morgan fingerprint density at radius 2 is 2.11 bits per heavy atom. The van der Waals surface area contributed by atoms with Crippen LogP contribution in [-0.4, -0.2) is 47.4 Å². The maximum atomic E-state index is 11.4. The van der Waals surface area contributed by atoms with Gasteiger partial charge in [0.05, 0.1) is 0 Å². The quantitative estimate of drug-likeness (QED) is 0.800. The van der Waals surface area contributed by atoms with Gasteiger partial charge in [-0.1, -0.05) is 0 Å². The van der Waals surface area contributed by atoms with E-state index in [0.717, 1.165) is 0 Å². The first-order valence-corrected chi connectivity index (χ1v) is 6.12. The Morgan fingerprint density at radius 1 is 1.47 bits per heavy atom. The van der Waals surface area contributed by atoms with Crippen molar-refractivity contribution in [1.82, 2.24) is 5.32 Å². The number of hydrogen-bond donors (Lipinski definition) is 2. The van der Waals surface area contributed by atoms with Gasteiger partial charge in [-0.3, -0.25) is 0 Å². The van der Waals surface area contributed by atoms with Crippen molar-refractivity contribution in [2.24, 2.45) is 4.99 Å². The van der Waals surface area contributed by atoms with Gasteiger partial charge in [0.2, 0.25) is 0 Å². The molecule has 0 bridgehead atoms. The van der Waals surface area contributed by atoms with Crippen LogP contribution in [0.5, 0.6) is 0 Å². The zero-order valence-electron chi connectivity index (χ0n) is 11.6. The molecular weight excluding hydrogens is 252 g/mol. The molecule has 0 aliphatic carbocycles. The number of alkyl carbamates (subject to hydrolysis) is 1. The van der Waals surface area contributed by atoms with Crippen LogP contribution in [0.3, 0.4) is 0 Å². The van der Waals surface area contributed by atoms with Crippen LogP contribution in [0.25, 0.3) is 0 Å². The Kier molecular flexibility index (Phi) is 4.74. The Bertz CT molecular complexity index is 386. The van der Waals surface area contributed by atoms with Crippen LogP contribution in [0.4, 0.5) is 4.79 Å². The Hall–Kier alpha value is -1.79. The third-order valence-electron chi connectivity index (χ3n) is 2.31. The van der Waals surface area contributed by atoms with Crippen molar-refractivity contribution in [1.29, 1.82) is 0 Å². The summed E-state index contributed by atoms with van der Waals surface area (Å²) in [5.74, 6) is -0.668. The monoisotopic (exact) mass is 272 g/mol. The molecule has 0 fully saturated rings.